The highest BCUT2D eigenvalue weighted by molar-refractivity contribution is 5.85. The second kappa shape index (κ2) is 5.74. The van der Waals surface area contributed by atoms with Crippen molar-refractivity contribution in [3.8, 4) is 0 Å². The van der Waals surface area contributed by atoms with Crippen LogP contribution in [0.4, 0.5) is 24.8 Å². The number of anilines is 2. The van der Waals surface area contributed by atoms with Gasteiger partial charge in [0, 0.05) is 26.7 Å². The van der Waals surface area contributed by atoms with E-state index in [2.05, 4.69) is 20.6 Å². The number of halogens is 3. The van der Waals surface area contributed by atoms with E-state index in [1.165, 1.54) is 20.2 Å². The zero-order valence-electron chi connectivity index (χ0n) is 11.7. The van der Waals surface area contributed by atoms with Crippen LogP contribution in [0.15, 0.2) is 6.07 Å². The lowest BCUT2D eigenvalue weighted by molar-refractivity contribution is -0.144. The van der Waals surface area contributed by atoms with Crippen molar-refractivity contribution in [3.63, 3.8) is 0 Å². The molecule has 1 aliphatic heterocycles. The lowest BCUT2D eigenvalue weighted by atomic mass is 10.2. The standard InChI is InChI=1S/C12H16F3N5O/c1-16-8-6-9(19-11(18-8)12(13,14)15)20-5-3-4-7(20)10(21)17-2/h6-7H,3-5H2,1-2H3,(H,17,21)(H,16,18,19). The average Bonchev–Trinajstić information content (AvgIpc) is 2.94. The van der Waals surface area contributed by atoms with E-state index in [4.69, 9.17) is 0 Å². The Morgan fingerprint density at radius 2 is 2.10 bits per heavy atom. The van der Waals surface area contributed by atoms with Crippen molar-refractivity contribution >= 4 is 17.5 Å². The summed E-state index contributed by atoms with van der Waals surface area (Å²) >= 11 is 0. The third-order valence-electron chi connectivity index (χ3n) is 3.32. The minimum Gasteiger partial charge on any atom is -0.373 e. The van der Waals surface area contributed by atoms with Crippen molar-refractivity contribution in [3.05, 3.63) is 11.9 Å². The number of carbonyl (C=O) groups is 1. The fourth-order valence-electron chi connectivity index (χ4n) is 2.32. The molecule has 21 heavy (non-hydrogen) atoms. The zero-order valence-corrected chi connectivity index (χ0v) is 11.7. The van der Waals surface area contributed by atoms with Crippen LogP contribution in [-0.2, 0) is 11.0 Å². The fraction of sp³-hybridized carbons (Fsp3) is 0.583. The van der Waals surface area contributed by atoms with Gasteiger partial charge in [0.15, 0.2) is 0 Å². The normalized spacial score (nSPS) is 18.7. The minimum absolute atomic E-state index is 0.0647. The van der Waals surface area contributed by atoms with Crippen LogP contribution in [0, 0.1) is 0 Å². The number of alkyl halides is 3. The van der Waals surface area contributed by atoms with Crippen LogP contribution in [0.1, 0.15) is 18.7 Å². The molecule has 1 aromatic rings. The van der Waals surface area contributed by atoms with Gasteiger partial charge in [-0.1, -0.05) is 0 Å². The van der Waals surface area contributed by atoms with Crippen LogP contribution in [0.3, 0.4) is 0 Å². The largest absolute Gasteiger partial charge is 0.451 e. The van der Waals surface area contributed by atoms with Crippen LogP contribution in [-0.4, -0.2) is 42.6 Å². The molecule has 0 spiro atoms. The van der Waals surface area contributed by atoms with Gasteiger partial charge in [-0.05, 0) is 12.8 Å². The molecule has 1 fully saturated rings. The Balaban J connectivity index is 2.40. The van der Waals surface area contributed by atoms with Gasteiger partial charge in [-0.2, -0.15) is 13.2 Å². The summed E-state index contributed by atoms with van der Waals surface area (Å²) in [5.74, 6) is -1.28. The summed E-state index contributed by atoms with van der Waals surface area (Å²) in [6, 6.07) is 0.909. The van der Waals surface area contributed by atoms with E-state index in [9.17, 15) is 18.0 Å². The smallest absolute Gasteiger partial charge is 0.373 e. The summed E-state index contributed by atoms with van der Waals surface area (Å²) in [6.45, 7) is 0.482. The summed E-state index contributed by atoms with van der Waals surface area (Å²) < 4.78 is 38.5. The fourth-order valence-corrected chi connectivity index (χ4v) is 2.32. The predicted octanol–water partition coefficient (Wildman–Crippen LogP) is 1.25. The van der Waals surface area contributed by atoms with Gasteiger partial charge >= 0.3 is 6.18 Å². The molecule has 6 nitrogen and oxygen atoms in total. The van der Waals surface area contributed by atoms with Crippen LogP contribution in [0.25, 0.3) is 0 Å². The molecule has 1 saturated heterocycles. The maximum absolute atomic E-state index is 12.8. The van der Waals surface area contributed by atoms with Crippen molar-refractivity contribution < 1.29 is 18.0 Å². The van der Waals surface area contributed by atoms with E-state index in [0.29, 0.717) is 13.0 Å². The van der Waals surface area contributed by atoms with Crippen molar-refractivity contribution in [1.82, 2.24) is 15.3 Å². The van der Waals surface area contributed by atoms with E-state index in [1.54, 1.807) is 4.90 Å². The Kier molecular flexibility index (Phi) is 4.19. The van der Waals surface area contributed by atoms with Gasteiger partial charge in [0.25, 0.3) is 0 Å². The summed E-state index contributed by atoms with van der Waals surface area (Å²) in [4.78, 5) is 20.4. The Labute approximate surface area is 119 Å². The molecule has 2 N–H and O–H groups in total. The van der Waals surface area contributed by atoms with E-state index in [0.717, 1.165) is 6.42 Å². The van der Waals surface area contributed by atoms with Crippen LogP contribution >= 0.6 is 0 Å². The predicted molar refractivity (Wildman–Crippen MR) is 71.0 cm³/mol. The van der Waals surface area contributed by atoms with Crippen LogP contribution in [0.2, 0.25) is 0 Å². The number of hydrogen-bond acceptors (Lipinski definition) is 5. The topological polar surface area (TPSA) is 70.2 Å². The molecule has 1 amide bonds. The maximum Gasteiger partial charge on any atom is 0.451 e. The molecule has 116 valence electrons. The summed E-state index contributed by atoms with van der Waals surface area (Å²) in [5, 5.41) is 5.10. The molecule has 1 unspecified atom stereocenters. The van der Waals surface area contributed by atoms with Crippen LogP contribution in [0.5, 0.6) is 0 Å². The zero-order chi connectivity index (χ0) is 15.6. The number of likely N-dealkylation sites (N-methyl/N-ethyl adjacent to an activating group) is 1. The highest BCUT2D eigenvalue weighted by Gasteiger charge is 2.37. The molecular formula is C12H16F3N5O. The van der Waals surface area contributed by atoms with Gasteiger partial charge in [-0.15, -0.1) is 0 Å². The minimum atomic E-state index is -4.64. The van der Waals surface area contributed by atoms with Gasteiger partial charge in [0.1, 0.15) is 17.7 Å². The number of carbonyl (C=O) groups excluding carboxylic acids is 1. The first-order valence-corrected chi connectivity index (χ1v) is 6.49. The molecule has 0 saturated carbocycles. The SMILES string of the molecule is CNC(=O)C1CCCN1c1cc(NC)nc(C(F)(F)F)n1. The number of nitrogens with zero attached hydrogens (tertiary/aromatic N) is 3. The molecule has 2 rings (SSSR count). The Hall–Kier alpha value is -2.06. The molecule has 9 heteroatoms. The average molecular weight is 303 g/mol. The first-order chi connectivity index (χ1) is 9.86. The molecular weight excluding hydrogens is 287 g/mol. The van der Waals surface area contributed by atoms with Gasteiger partial charge in [-0.25, -0.2) is 9.97 Å². The van der Waals surface area contributed by atoms with E-state index in [1.807, 2.05) is 0 Å². The second-order valence-corrected chi connectivity index (χ2v) is 4.65. The molecule has 1 aromatic heterocycles. The number of rotatable bonds is 3. The first-order valence-electron chi connectivity index (χ1n) is 6.49. The molecule has 0 radical (unpaired) electrons. The number of hydrogen-bond donors (Lipinski definition) is 2. The number of amides is 1. The molecule has 1 aliphatic rings. The Bertz CT molecular complexity index is 534. The summed E-state index contributed by atoms with van der Waals surface area (Å²) in [6.07, 6.45) is -3.33. The number of nitrogens with one attached hydrogen (secondary N) is 2. The molecule has 0 aliphatic carbocycles. The maximum atomic E-state index is 12.8. The first kappa shape index (κ1) is 15.3. The number of aromatic nitrogens is 2. The third kappa shape index (κ3) is 3.17. The van der Waals surface area contributed by atoms with Gasteiger partial charge in [-0.3, -0.25) is 4.79 Å². The summed E-state index contributed by atoms with van der Waals surface area (Å²) in [7, 11) is 2.98. The van der Waals surface area contributed by atoms with Crippen molar-refractivity contribution in [2.45, 2.75) is 25.1 Å². The lowest BCUT2D eigenvalue weighted by Gasteiger charge is -2.25. The van der Waals surface area contributed by atoms with Gasteiger partial charge in [0.05, 0.1) is 0 Å². The Morgan fingerprint density at radius 1 is 1.38 bits per heavy atom. The molecule has 1 atom stereocenters. The highest BCUT2D eigenvalue weighted by Crippen LogP contribution is 2.31. The van der Waals surface area contributed by atoms with Crippen molar-refractivity contribution in [2.75, 3.05) is 30.9 Å². The van der Waals surface area contributed by atoms with Crippen molar-refractivity contribution in [1.29, 1.82) is 0 Å². The third-order valence-corrected chi connectivity index (χ3v) is 3.32. The van der Waals surface area contributed by atoms with Crippen molar-refractivity contribution in [2.24, 2.45) is 0 Å². The van der Waals surface area contributed by atoms with Crippen LogP contribution < -0.4 is 15.5 Å². The Morgan fingerprint density at radius 3 is 2.67 bits per heavy atom. The highest BCUT2D eigenvalue weighted by atomic mass is 19.4. The quantitative estimate of drug-likeness (QED) is 0.879. The monoisotopic (exact) mass is 303 g/mol. The van der Waals surface area contributed by atoms with E-state index < -0.39 is 18.0 Å². The lowest BCUT2D eigenvalue weighted by Crippen LogP contribution is -2.42. The van der Waals surface area contributed by atoms with Gasteiger partial charge < -0.3 is 15.5 Å². The molecule has 0 aromatic carbocycles. The second-order valence-electron chi connectivity index (χ2n) is 4.65. The van der Waals surface area contributed by atoms with E-state index in [-0.39, 0.29) is 17.5 Å². The van der Waals surface area contributed by atoms with E-state index >= 15 is 0 Å². The summed E-state index contributed by atoms with van der Waals surface area (Å²) in [5.41, 5.74) is 0. The molecule has 2 heterocycles. The van der Waals surface area contributed by atoms with Gasteiger partial charge in [0.2, 0.25) is 11.7 Å². The molecule has 0 bridgehead atoms.